The average Bonchev–Trinajstić information content (AvgIpc) is 3.35. The molecule has 3 aromatic heterocycles. The molecule has 0 atom stereocenters. The number of alkyl carbamates (subject to hydrolysis) is 1. The molecule has 0 radical (unpaired) electrons. The monoisotopic (exact) mass is 412 g/mol. The molecule has 0 spiro atoms. The van der Waals surface area contributed by atoms with E-state index >= 15 is 0 Å². The number of fused-ring (bicyclic) bond motifs is 1. The minimum Gasteiger partial charge on any atom is -0.444 e. The molecular weight excluding hydrogens is 384 g/mol. The van der Waals surface area contributed by atoms with E-state index in [0.29, 0.717) is 30.1 Å². The first-order valence-electron chi connectivity index (χ1n) is 10.4. The number of nitrogens with one attached hydrogen (secondary N) is 1. The van der Waals surface area contributed by atoms with Gasteiger partial charge >= 0.3 is 6.09 Å². The number of carbonyl (C=O) groups is 1. The van der Waals surface area contributed by atoms with Gasteiger partial charge < -0.3 is 14.6 Å². The van der Waals surface area contributed by atoms with Crippen LogP contribution in [0.2, 0.25) is 0 Å². The van der Waals surface area contributed by atoms with Crippen LogP contribution in [0.1, 0.15) is 52.3 Å². The molecular formula is C21H28N6O3. The maximum absolute atomic E-state index is 11.8. The topological polar surface area (TPSA) is 107 Å². The Morgan fingerprint density at radius 2 is 2.00 bits per heavy atom. The van der Waals surface area contributed by atoms with Gasteiger partial charge in [-0.15, -0.1) is 10.2 Å². The van der Waals surface area contributed by atoms with E-state index in [2.05, 4.69) is 25.7 Å². The van der Waals surface area contributed by atoms with Gasteiger partial charge in [-0.3, -0.25) is 4.40 Å². The van der Waals surface area contributed by atoms with Gasteiger partial charge in [-0.2, -0.15) is 4.98 Å². The third kappa shape index (κ3) is 5.14. The lowest BCUT2D eigenvalue weighted by molar-refractivity contribution is 0.0513. The van der Waals surface area contributed by atoms with Crippen molar-refractivity contribution in [3.05, 3.63) is 30.5 Å². The van der Waals surface area contributed by atoms with Crippen LogP contribution >= 0.6 is 0 Å². The third-order valence-corrected chi connectivity index (χ3v) is 5.38. The van der Waals surface area contributed by atoms with E-state index < -0.39 is 5.60 Å². The maximum atomic E-state index is 11.8. The summed E-state index contributed by atoms with van der Waals surface area (Å²) in [4.78, 5) is 16.4. The lowest BCUT2D eigenvalue weighted by Gasteiger charge is -2.28. The van der Waals surface area contributed by atoms with Gasteiger partial charge in [-0.1, -0.05) is 5.16 Å². The second kappa shape index (κ2) is 8.41. The summed E-state index contributed by atoms with van der Waals surface area (Å²) in [5, 5.41) is 14.9. The van der Waals surface area contributed by atoms with Crippen molar-refractivity contribution in [2.24, 2.45) is 11.8 Å². The van der Waals surface area contributed by atoms with Crippen LogP contribution in [0.4, 0.5) is 4.79 Å². The number of amides is 1. The number of hydrogen-bond acceptors (Lipinski definition) is 7. The van der Waals surface area contributed by atoms with Crippen molar-refractivity contribution in [2.45, 2.75) is 58.5 Å². The summed E-state index contributed by atoms with van der Waals surface area (Å²) in [6, 6.07) is 3.80. The first-order chi connectivity index (χ1) is 14.4. The Kier molecular flexibility index (Phi) is 5.69. The molecule has 0 aromatic carbocycles. The lowest BCUT2D eigenvalue weighted by Crippen LogP contribution is -2.36. The van der Waals surface area contributed by atoms with Crippen molar-refractivity contribution < 1.29 is 14.1 Å². The fourth-order valence-corrected chi connectivity index (χ4v) is 3.84. The van der Waals surface area contributed by atoms with Crippen molar-refractivity contribution in [1.82, 2.24) is 30.1 Å². The SMILES string of the molecule is CC(C)(C)OC(=O)NCC1CCC(Cc2nc(-c3ccc4nncn4c3)no2)CC1. The summed E-state index contributed by atoms with van der Waals surface area (Å²) in [5.41, 5.74) is 1.18. The van der Waals surface area contributed by atoms with Gasteiger partial charge in [0.2, 0.25) is 11.7 Å². The van der Waals surface area contributed by atoms with E-state index in [-0.39, 0.29) is 6.09 Å². The molecule has 0 aliphatic heterocycles. The zero-order valence-electron chi connectivity index (χ0n) is 17.7. The van der Waals surface area contributed by atoms with Crippen LogP contribution in [0.3, 0.4) is 0 Å². The van der Waals surface area contributed by atoms with E-state index in [4.69, 9.17) is 9.26 Å². The Labute approximate surface area is 175 Å². The van der Waals surface area contributed by atoms with Gasteiger partial charge in [-0.05, 0) is 70.4 Å². The van der Waals surface area contributed by atoms with Crippen LogP contribution in [0.15, 0.2) is 29.2 Å². The first-order valence-corrected chi connectivity index (χ1v) is 10.4. The highest BCUT2D eigenvalue weighted by molar-refractivity contribution is 5.67. The smallest absolute Gasteiger partial charge is 0.407 e. The molecule has 0 bridgehead atoms. The Balaban J connectivity index is 1.25. The highest BCUT2D eigenvalue weighted by Gasteiger charge is 2.24. The molecule has 1 amide bonds. The zero-order valence-corrected chi connectivity index (χ0v) is 17.7. The largest absolute Gasteiger partial charge is 0.444 e. The summed E-state index contributed by atoms with van der Waals surface area (Å²) in [6.07, 6.45) is 8.32. The molecule has 1 aliphatic carbocycles. The minimum atomic E-state index is -0.466. The van der Waals surface area contributed by atoms with Crippen molar-refractivity contribution >= 4 is 11.7 Å². The molecule has 4 rings (SSSR count). The summed E-state index contributed by atoms with van der Waals surface area (Å²) in [7, 11) is 0. The van der Waals surface area contributed by atoms with Gasteiger partial charge in [0.15, 0.2) is 5.65 Å². The van der Waals surface area contributed by atoms with Gasteiger partial charge in [0, 0.05) is 24.7 Å². The number of carbonyl (C=O) groups excluding carboxylic acids is 1. The Morgan fingerprint density at radius 3 is 2.77 bits per heavy atom. The highest BCUT2D eigenvalue weighted by Crippen LogP contribution is 2.31. The predicted molar refractivity (Wildman–Crippen MR) is 110 cm³/mol. The van der Waals surface area contributed by atoms with Crippen molar-refractivity contribution in [3.63, 3.8) is 0 Å². The van der Waals surface area contributed by atoms with E-state index in [1.807, 2.05) is 43.5 Å². The molecule has 1 saturated carbocycles. The molecule has 30 heavy (non-hydrogen) atoms. The summed E-state index contributed by atoms with van der Waals surface area (Å²) in [5.74, 6) is 2.26. The predicted octanol–water partition coefficient (Wildman–Crippen LogP) is 3.65. The summed E-state index contributed by atoms with van der Waals surface area (Å²) >= 11 is 0. The number of hydrogen-bond donors (Lipinski definition) is 1. The lowest BCUT2D eigenvalue weighted by atomic mass is 9.80. The molecule has 0 saturated heterocycles. The molecule has 3 aromatic rings. The number of ether oxygens (including phenoxy) is 1. The highest BCUT2D eigenvalue weighted by atomic mass is 16.6. The van der Waals surface area contributed by atoms with Crippen molar-refractivity contribution in [2.75, 3.05) is 6.54 Å². The molecule has 1 fully saturated rings. The molecule has 0 unspecified atom stereocenters. The van der Waals surface area contributed by atoms with Crippen LogP contribution in [0, 0.1) is 11.8 Å². The number of rotatable bonds is 5. The van der Waals surface area contributed by atoms with E-state index in [9.17, 15) is 4.79 Å². The molecule has 160 valence electrons. The van der Waals surface area contributed by atoms with Crippen LogP contribution in [-0.2, 0) is 11.2 Å². The van der Waals surface area contributed by atoms with Crippen LogP contribution in [0.25, 0.3) is 17.0 Å². The Bertz CT molecular complexity index is 998. The van der Waals surface area contributed by atoms with Crippen LogP contribution in [0.5, 0.6) is 0 Å². The molecule has 9 heteroatoms. The summed E-state index contributed by atoms with van der Waals surface area (Å²) in [6.45, 7) is 6.27. The zero-order chi connectivity index (χ0) is 21.1. The number of aromatic nitrogens is 5. The molecule has 3 heterocycles. The second-order valence-electron chi connectivity index (χ2n) is 9.00. The molecule has 1 N–H and O–H groups in total. The van der Waals surface area contributed by atoms with Gasteiger partial charge in [0.05, 0.1) is 0 Å². The molecule has 9 nitrogen and oxygen atoms in total. The number of pyridine rings is 1. The van der Waals surface area contributed by atoms with Gasteiger partial charge in [-0.25, -0.2) is 4.79 Å². The van der Waals surface area contributed by atoms with Gasteiger partial charge in [0.1, 0.15) is 11.9 Å². The maximum Gasteiger partial charge on any atom is 0.407 e. The third-order valence-electron chi connectivity index (χ3n) is 5.38. The van der Waals surface area contributed by atoms with Gasteiger partial charge in [0.25, 0.3) is 0 Å². The van der Waals surface area contributed by atoms with Crippen LogP contribution in [-0.4, -0.2) is 43.0 Å². The Morgan fingerprint density at radius 1 is 1.23 bits per heavy atom. The standard InChI is InChI=1S/C21H28N6O3/c1-21(2,3)29-20(28)22-11-15-6-4-14(5-7-15)10-18-24-19(26-30-18)16-8-9-17-25-23-13-27(17)12-16/h8-9,12-15H,4-7,10-11H2,1-3H3,(H,22,28). The normalized spacial score (nSPS) is 19.7. The fourth-order valence-electron chi connectivity index (χ4n) is 3.84. The van der Waals surface area contributed by atoms with E-state index in [1.165, 1.54) is 0 Å². The summed E-state index contributed by atoms with van der Waals surface area (Å²) < 4.78 is 12.6. The van der Waals surface area contributed by atoms with Crippen molar-refractivity contribution in [3.8, 4) is 11.4 Å². The quantitative estimate of drug-likeness (QED) is 0.681. The first kappa shape index (κ1) is 20.3. The number of nitrogens with zero attached hydrogens (tertiary/aromatic N) is 5. The van der Waals surface area contributed by atoms with Crippen LogP contribution < -0.4 is 5.32 Å². The van der Waals surface area contributed by atoms with E-state index in [0.717, 1.165) is 43.3 Å². The fraction of sp³-hybridized carbons (Fsp3) is 0.571. The van der Waals surface area contributed by atoms with Crippen molar-refractivity contribution in [1.29, 1.82) is 0 Å². The average molecular weight is 412 g/mol. The second-order valence-corrected chi connectivity index (χ2v) is 9.00. The minimum absolute atomic E-state index is 0.340. The molecule has 1 aliphatic rings. The van der Waals surface area contributed by atoms with E-state index in [1.54, 1.807) is 6.33 Å². The Hall–Kier alpha value is -2.97.